The summed E-state index contributed by atoms with van der Waals surface area (Å²) in [6, 6.07) is 1.48. The molecule has 0 aliphatic rings. The first kappa shape index (κ1) is 14.3. The largest absolute Gasteiger partial charge is 0.451 e. The molecule has 0 atom stereocenters. The maximum Gasteiger partial charge on any atom is 0.451 e. The molecular weight excluding hydrogens is 271 g/mol. The Labute approximate surface area is 113 Å². The monoisotopic (exact) mass is 285 g/mol. The van der Waals surface area contributed by atoms with Gasteiger partial charge in [0.05, 0.1) is 11.9 Å². The number of aromatic nitrogens is 4. The molecule has 108 valence electrons. The molecule has 0 unspecified atom stereocenters. The van der Waals surface area contributed by atoms with Gasteiger partial charge in [0.1, 0.15) is 5.82 Å². The highest BCUT2D eigenvalue weighted by Gasteiger charge is 2.35. The molecule has 0 aliphatic carbocycles. The number of halogens is 3. The van der Waals surface area contributed by atoms with Crippen molar-refractivity contribution in [1.29, 1.82) is 0 Å². The predicted molar refractivity (Wildman–Crippen MR) is 68.1 cm³/mol. The quantitative estimate of drug-likeness (QED) is 0.938. The molecule has 8 heteroatoms. The number of hydrogen-bond acceptors (Lipinski definition) is 4. The predicted octanol–water partition coefficient (Wildman–Crippen LogP) is 2.81. The highest BCUT2D eigenvalue weighted by molar-refractivity contribution is 5.61. The molecule has 2 rings (SSSR count). The van der Waals surface area contributed by atoms with Crippen LogP contribution in [0.15, 0.2) is 18.5 Å². The van der Waals surface area contributed by atoms with Crippen molar-refractivity contribution < 1.29 is 13.2 Å². The van der Waals surface area contributed by atoms with Gasteiger partial charge < -0.3 is 5.32 Å². The Kier molecular flexibility index (Phi) is 3.91. The van der Waals surface area contributed by atoms with Gasteiger partial charge in [0.2, 0.25) is 5.82 Å². The third-order valence-corrected chi connectivity index (χ3v) is 2.59. The summed E-state index contributed by atoms with van der Waals surface area (Å²) in [5.41, 5.74) is 0.724. The second kappa shape index (κ2) is 5.48. The van der Waals surface area contributed by atoms with E-state index in [1.165, 1.54) is 12.3 Å². The third kappa shape index (κ3) is 3.06. The van der Waals surface area contributed by atoms with E-state index >= 15 is 0 Å². The summed E-state index contributed by atoms with van der Waals surface area (Å²) in [5, 5.41) is 6.81. The van der Waals surface area contributed by atoms with E-state index in [1.54, 1.807) is 17.8 Å². The zero-order valence-electron chi connectivity index (χ0n) is 11.1. The highest BCUT2D eigenvalue weighted by atomic mass is 19.4. The van der Waals surface area contributed by atoms with Gasteiger partial charge in [-0.1, -0.05) is 0 Å². The minimum Gasteiger partial charge on any atom is -0.370 e. The van der Waals surface area contributed by atoms with Gasteiger partial charge in [-0.05, 0) is 13.8 Å². The fourth-order valence-electron chi connectivity index (χ4n) is 1.66. The van der Waals surface area contributed by atoms with Gasteiger partial charge in [0.15, 0.2) is 0 Å². The Morgan fingerprint density at radius 3 is 2.55 bits per heavy atom. The molecule has 0 aliphatic heterocycles. The van der Waals surface area contributed by atoms with E-state index in [2.05, 4.69) is 20.4 Å². The minimum atomic E-state index is -4.58. The fraction of sp³-hybridized carbons (Fsp3) is 0.417. The summed E-state index contributed by atoms with van der Waals surface area (Å²) in [6.45, 7) is 4.78. The van der Waals surface area contributed by atoms with E-state index in [9.17, 15) is 13.2 Å². The molecule has 2 aromatic rings. The molecule has 0 fully saturated rings. The normalized spacial score (nSPS) is 11.7. The van der Waals surface area contributed by atoms with Crippen LogP contribution in [0.3, 0.4) is 0 Å². The van der Waals surface area contributed by atoms with Crippen molar-refractivity contribution in [1.82, 2.24) is 19.7 Å². The average Bonchev–Trinajstić information content (AvgIpc) is 2.86. The second-order valence-electron chi connectivity index (χ2n) is 4.07. The van der Waals surface area contributed by atoms with Gasteiger partial charge in [0.25, 0.3) is 0 Å². The Balaban J connectivity index is 2.48. The Bertz CT molecular complexity index is 591. The Hall–Kier alpha value is -2.12. The van der Waals surface area contributed by atoms with Crippen LogP contribution in [0.25, 0.3) is 11.3 Å². The molecule has 0 spiro atoms. The molecule has 0 amide bonds. The number of hydrogen-bond donors (Lipinski definition) is 1. The summed E-state index contributed by atoms with van der Waals surface area (Å²) < 4.78 is 40.0. The molecule has 0 radical (unpaired) electrons. The number of aryl methyl sites for hydroxylation is 1. The van der Waals surface area contributed by atoms with Gasteiger partial charge in [0, 0.05) is 30.9 Å². The van der Waals surface area contributed by atoms with Crippen LogP contribution in [0.4, 0.5) is 19.0 Å². The zero-order valence-corrected chi connectivity index (χ0v) is 11.1. The van der Waals surface area contributed by atoms with E-state index in [0.29, 0.717) is 18.7 Å². The molecule has 0 saturated heterocycles. The summed E-state index contributed by atoms with van der Waals surface area (Å²) in [6.07, 6.45) is -1.44. The van der Waals surface area contributed by atoms with Crippen LogP contribution in [-0.2, 0) is 12.7 Å². The third-order valence-electron chi connectivity index (χ3n) is 2.59. The lowest BCUT2D eigenvalue weighted by molar-refractivity contribution is -0.144. The molecule has 2 heterocycles. The van der Waals surface area contributed by atoms with Crippen LogP contribution in [0.1, 0.15) is 19.7 Å². The maximum absolute atomic E-state index is 12.8. The minimum absolute atomic E-state index is 0.147. The van der Waals surface area contributed by atoms with Gasteiger partial charge >= 0.3 is 6.18 Å². The number of alkyl halides is 3. The van der Waals surface area contributed by atoms with E-state index in [4.69, 9.17) is 0 Å². The molecule has 20 heavy (non-hydrogen) atoms. The van der Waals surface area contributed by atoms with Gasteiger partial charge in [-0.3, -0.25) is 4.68 Å². The highest BCUT2D eigenvalue weighted by Crippen LogP contribution is 2.29. The number of anilines is 1. The topological polar surface area (TPSA) is 55.6 Å². The second-order valence-corrected chi connectivity index (χ2v) is 4.07. The van der Waals surface area contributed by atoms with Crippen molar-refractivity contribution in [3.05, 3.63) is 24.3 Å². The van der Waals surface area contributed by atoms with Gasteiger partial charge in [-0.2, -0.15) is 18.3 Å². The first-order valence-corrected chi connectivity index (χ1v) is 6.17. The molecular formula is C12H14F3N5. The first-order chi connectivity index (χ1) is 9.44. The van der Waals surface area contributed by atoms with Gasteiger partial charge in [-0.25, -0.2) is 9.97 Å². The lowest BCUT2D eigenvalue weighted by Gasteiger charge is -2.10. The smallest absolute Gasteiger partial charge is 0.370 e. The molecule has 0 saturated carbocycles. The maximum atomic E-state index is 12.8. The first-order valence-electron chi connectivity index (χ1n) is 6.17. The van der Waals surface area contributed by atoms with Crippen molar-refractivity contribution in [3.8, 4) is 11.3 Å². The average molecular weight is 285 g/mol. The molecule has 0 aromatic carbocycles. The summed E-state index contributed by atoms with van der Waals surface area (Å²) in [5.74, 6) is -1.01. The van der Waals surface area contributed by atoms with Crippen molar-refractivity contribution in [2.45, 2.75) is 26.6 Å². The van der Waals surface area contributed by atoms with Crippen LogP contribution in [0.2, 0.25) is 0 Å². The van der Waals surface area contributed by atoms with Crippen LogP contribution >= 0.6 is 0 Å². The molecule has 1 N–H and O–H groups in total. The molecule has 2 aromatic heterocycles. The number of rotatable bonds is 4. The fourth-order valence-corrected chi connectivity index (χ4v) is 1.66. The van der Waals surface area contributed by atoms with E-state index < -0.39 is 12.0 Å². The number of nitrogens with one attached hydrogen (secondary N) is 1. The van der Waals surface area contributed by atoms with E-state index in [1.807, 2.05) is 6.92 Å². The zero-order chi connectivity index (χ0) is 14.8. The lowest BCUT2D eigenvalue weighted by Crippen LogP contribution is -2.13. The van der Waals surface area contributed by atoms with Crippen LogP contribution in [0.5, 0.6) is 0 Å². The molecule has 5 nitrogen and oxygen atoms in total. The van der Waals surface area contributed by atoms with Gasteiger partial charge in [-0.15, -0.1) is 0 Å². The summed E-state index contributed by atoms with van der Waals surface area (Å²) in [7, 11) is 0. The van der Waals surface area contributed by atoms with E-state index in [0.717, 1.165) is 0 Å². The van der Waals surface area contributed by atoms with Crippen molar-refractivity contribution in [3.63, 3.8) is 0 Å². The number of nitrogens with zero attached hydrogens (tertiary/aromatic N) is 4. The van der Waals surface area contributed by atoms with Crippen LogP contribution in [-0.4, -0.2) is 26.3 Å². The molecule has 0 bridgehead atoms. The van der Waals surface area contributed by atoms with Crippen LogP contribution in [0, 0.1) is 0 Å². The lowest BCUT2D eigenvalue weighted by atomic mass is 10.2. The van der Waals surface area contributed by atoms with Crippen LogP contribution < -0.4 is 5.32 Å². The summed E-state index contributed by atoms with van der Waals surface area (Å²) in [4.78, 5) is 7.05. The standard InChI is InChI=1S/C12H14F3N5/c1-3-16-10-5-9(8-6-17-20(4-2)7-8)18-11(19-10)12(13,14)15/h5-7H,3-4H2,1-2H3,(H,16,18,19). The Morgan fingerprint density at radius 2 is 2.00 bits per heavy atom. The SMILES string of the molecule is CCNc1cc(-c2cnn(CC)c2)nc(C(F)(F)F)n1. The van der Waals surface area contributed by atoms with E-state index in [-0.39, 0.29) is 11.5 Å². The van der Waals surface area contributed by atoms with Crippen molar-refractivity contribution >= 4 is 5.82 Å². The van der Waals surface area contributed by atoms with Crippen molar-refractivity contribution in [2.75, 3.05) is 11.9 Å². The Morgan fingerprint density at radius 1 is 1.25 bits per heavy atom. The summed E-state index contributed by atoms with van der Waals surface area (Å²) >= 11 is 0. The van der Waals surface area contributed by atoms with Crippen molar-refractivity contribution in [2.24, 2.45) is 0 Å².